The molecule has 1 aromatic rings. The molecule has 0 aromatic heterocycles. The Morgan fingerprint density at radius 2 is 1.82 bits per heavy atom. The van der Waals surface area contributed by atoms with Gasteiger partial charge in [-0.15, -0.1) is 17.7 Å². The second kappa shape index (κ2) is 5.74. The zero-order valence-corrected chi connectivity index (χ0v) is 9.35. The maximum atomic E-state index is 9.92. The first-order valence-electron chi connectivity index (χ1n) is 2.82. The van der Waals surface area contributed by atoms with Gasteiger partial charge in [-0.3, -0.25) is 10.1 Å². The largest absolute Gasteiger partial charge is 1.00 e. The molecule has 52 valence electrons. The van der Waals surface area contributed by atoms with Gasteiger partial charge in [-0.25, -0.2) is 0 Å². The normalized spacial score (nSPS) is 8.00. The van der Waals surface area contributed by atoms with Crippen LogP contribution in [0.3, 0.4) is 0 Å². The van der Waals surface area contributed by atoms with Crippen molar-refractivity contribution in [3.8, 4) is 0 Å². The van der Waals surface area contributed by atoms with Crippen molar-refractivity contribution in [2.45, 2.75) is 0 Å². The van der Waals surface area contributed by atoms with Crippen molar-refractivity contribution >= 4 is 0 Å². The Hall–Kier alpha value is 0.126. The second-order valence-corrected chi connectivity index (χ2v) is 1.83. The third-order valence-electron chi connectivity index (χ3n) is 1.05. The van der Waals surface area contributed by atoms with E-state index in [4.69, 9.17) is 0 Å². The quantitative estimate of drug-likeness (QED) is 0.237. The summed E-state index contributed by atoms with van der Waals surface area (Å²) in [5.74, 6) is 0. The van der Waals surface area contributed by atoms with E-state index in [0.29, 0.717) is 5.56 Å². The first kappa shape index (κ1) is 11.1. The zero-order chi connectivity index (χ0) is 7.40. The number of rotatable bonds is 2. The summed E-state index contributed by atoms with van der Waals surface area (Å²) in [4.78, 5) is 9.46. The monoisotopic (exact) mass is 175 g/mol. The van der Waals surface area contributed by atoms with Crippen molar-refractivity contribution in [1.82, 2.24) is 0 Å². The molecule has 1 rings (SSSR count). The molecule has 11 heavy (non-hydrogen) atoms. The number of nitro groups is 1. The Morgan fingerprint density at radius 3 is 2.27 bits per heavy atom. The van der Waals surface area contributed by atoms with Gasteiger partial charge in [0, 0.05) is 0 Å². The minimum Gasteiger partial charge on any atom is -0.271 e. The van der Waals surface area contributed by atoms with Crippen LogP contribution in [-0.4, -0.2) is 4.92 Å². The second-order valence-electron chi connectivity index (χ2n) is 1.83. The van der Waals surface area contributed by atoms with Gasteiger partial charge in [0.15, 0.2) is 0 Å². The molecule has 1 aromatic carbocycles. The van der Waals surface area contributed by atoms with Gasteiger partial charge in [0.25, 0.3) is 0 Å². The molecule has 0 bridgehead atoms. The fourth-order valence-electron chi connectivity index (χ4n) is 0.661. The molecule has 0 fully saturated rings. The van der Waals surface area contributed by atoms with Gasteiger partial charge in [-0.1, -0.05) is 6.07 Å². The fraction of sp³-hybridized carbons (Fsp3) is 0. The van der Waals surface area contributed by atoms with E-state index in [-0.39, 0.29) is 51.4 Å². The zero-order valence-electron chi connectivity index (χ0n) is 6.23. The molecule has 0 N–H and O–H groups in total. The van der Waals surface area contributed by atoms with Crippen molar-refractivity contribution in [3.63, 3.8) is 0 Å². The number of hydrogen-bond donors (Lipinski definition) is 0. The Kier molecular flexibility index (Phi) is 5.80. The van der Waals surface area contributed by atoms with Gasteiger partial charge < -0.3 is 0 Å². The van der Waals surface area contributed by atoms with Gasteiger partial charge >= 0.3 is 51.4 Å². The van der Waals surface area contributed by atoms with Crippen molar-refractivity contribution in [1.29, 1.82) is 0 Å². The molecule has 0 heterocycles. The number of nitrogens with zero attached hydrogens (tertiary/aromatic N) is 1. The van der Waals surface area contributed by atoms with Crippen LogP contribution in [0.1, 0.15) is 5.56 Å². The van der Waals surface area contributed by atoms with E-state index in [2.05, 4.69) is 0 Å². The smallest absolute Gasteiger partial charge is 0.271 e. The molecule has 0 radical (unpaired) electrons. The van der Waals surface area contributed by atoms with Gasteiger partial charge in [-0.05, 0) is 4.92 Å². The van der Waals surface area contributed by atoms with Crippen LogP contribution in [0.25, 0.3) is 0 Å². The van der Waals surface area contributed by atoms with Crippen LogP contribution in [-0.2, 0) is 0 Å². The standard InChI is InChI=1S/C7H6NO2.K/c9-8(10)6-7-4-2-1-3-5-7;/h1-6H;/q-1;+1. The van der Waals surface area contributed by atoms with Gasteiger partial charge in [0.05, 0.1) is 0 Å². The van der Waals surface area contributed by atoms with E-state index >= 15 is 0 Å². The van der Waals surface area contributed by atoms with Crippen molar-refractivity contribution in [2.75, 3.05) is 0 Å². The minimum absolute atomic E-state index is 0. The van der Waals surface area contributed by atoms with Gasteiger partial charge in [0.1, 0.15) is 6.54 Å². The van der Waals surface area contributed by atoms with E-state index in [1.165, 1.54) is 0 Å². The molecule has 3 nitrogen and oxygen atoms in total. The van der Waals surface area contributed by atoms with E-state index in [1.54, 1.807) is 24.3 Å². The van der Waals surface area contributed by atoms with Crippen LogP contribution >= 0.6 is 0 Å². The van der Waals surface area contributed by atoms with Crippen LogP contribution in [0, 0.1) is 16.7 Å². The molecule has 0 saturated carbocycles. The van der Waals surface area contributed by atoms with Crippen molar-refractivity contribution in [3.05, 3.63) is 52.6 Å². The number of hydrogen-bond acceptors (Lipinski definition) is 2. The van der Waals surface area contributed by atoms with Crippen molar-refractivity contribution in [2.24, 2.45) is 0 Å². The summed E-state index contributed by atoms with van der Waals surface area (Å²) in [6, 6.07) is 8.70. The Morgan fingerprint density at radius 1 is 1.27 bits per heavy atom. The first-order valence-corrected chi connectivity index (χ1v) is 2.82. The summed E-state index contributed by atoms with van der Waals surface area (Å²) in [6.45, 7) is 0.972. The third kappa shape index (κ3) is 4.55. The Labute approximate surface area is 107 Å². The third-order valence-corrected chi connectivity index (χ3v) is 1.05. The fourth-order valence-corrected chi connectivity index (χ4v) is 0.661. The summed E-state index contributed by atoms with van der Waals surface area (Å²) in [6.07, 6.45) is 0. The topological polar surface area (TPSA) is 43.1 Å². The van der Waals surface area contributed by atoms with Crippen molar-refractivity contribution < 1.29 is 56.3 Å². The number of benzene rings is 1. The van der Waals surface area contributed by atoms with Crippen LogP contribution in [0.15, 0.2) is 30.3 Å². The first-order chi connectivity index (χ1) is 4.79. The van der Waals surface area contributed by atoms with E-state index in [9.17, 15) is 10.1 Å². The Bertz CT molecular complexity index is 225. The SMILES string of the molecule is O=[N+]([O-])[CH-]c1ccccc1.[K+]. The molecule has 0 saturated heterocycles. The molecular formula is C7H6KNO2. The maximum absolute atomic E-state index is 9.92. The summed E-state index contributed by atoms with van der Waals surface area (Å²) < 4.78 is 0. The molecular weight excluding hydrogens is 169 g/mol. The summed E-state index contributed by atoms with van der Waals surface area (Å²) in [5, 5.41) is 9.92. The summed E-state index contributed by atoms with van der Waals surface area (Å²) in [5.41, 5.74) is 0.618. The Balaban J connectivity index is 0.000001000. The van der Waals surface area contributed by atoms with Crippen LogP contribution in [0.4, 0.5) is 0 Å². The predicted molar refractivity (Wildman–Crippen MR) is 36.8 cm³/mol. The average molecular weight is 175 g/mol. The predicted octanol–water partition coefficient (Wildman–Crippen LogP) is -1.52. The van der Waals surface area contributed by atoms with Gasteiger partial charge in [-0.2, -0.15) is 12.1 Å². The molecule has 0 atom stereocenters. The summed E-state index contributed by atoms with van der Waals surface area (Å²) >= 11 is 0. The van der Waals surface area contributed by atoms with Gasteiger partial charge in [0.2, 0.25) is 0 Å². The average Bonchev–Trinajstić information content (AvgIpc) is 1.88. The molecule has 4 heteroatoms. The van der Waals surface area contributed by atoms with E-state index < -0.39 is 4.92 Å². The molecule has 0 aliphatic heterocycles. The molecule has 0 aliphatic carbocycles. The molecule has 0 unspecified atom stereocenters. The minimum atomic E-state index is -0.463. The maximum Gasteiger partial charge on any atom is 1.00 e. The van der Waals surface area contributed by atoms with E-state index in [0.717, 1.165) is 6.54 Å². The van der Waals surface area contributed by atoms with Crippen LogP contribution < -0.4 is 51.4 Å². The van der Waals surface area contributed by atoms with Crippen LogP contribution in [0.2, 0.25) is 0 Å². The summed E-state index contributed by atoms with van der Waals surface area (Å²) in [7, 11) is 0. The van der Waals surface area contributed by atoms with E-state index in [1.807, 2.05) is 6.07 Å². The molecule has 0 spiro atoms. The molecule has 0 aliphatic rings. The van der Waals surface area contributed by atoms with Crippen LogP contribution in [0.5, 0.6) is 0 Å². The molecule has 0 amide bonds.